The first-order valence-corrected chi connectivity index (χ1v) is 9.98. The predicted octanol–water partition coefficient (Wildman–Crippen LogP) is 1.44. The van der Waals surface area contributed by atoms with E-state index < -0.39 is 0 Å². The molecule has 4 heteroatoms. The van der Waals surface area contributed by atoms with Crippen molar-refractivity contribution in [3.05, 3.63) is 34.9 Å². The van der Waals surface area contributed by atoms with Gasteiger partial charge in [-0.2, -0.15) is 0 Å². The van der Waals surface area contributed by atoms with Gasteiger partial charge in [-0.25, -0.2) is 0 Å². The second kappa shape index (κ2) is 9.13. The van der Waals surface area contributed by atoms with Gasteiger partial charge in [-0.1, -0.05) is 18.2 Å². The van der Waals surface area contributed by atoms with Crippen molar-refractivity contribution < 1.29 is 0 Å². The number of nitrogens with zero attached hydrogens (tertiary/aromatic N) is 4. The van der Waals surface area contributed by atoms with Crippen LogP contribution in [-0.2, 0) is 19.3 Å². The lowest BCUT2D eigenvalue weighted by molar-refractivity contribution is 0.179. The molecule has 0 aromatic heterocycles. The summed E-state index contributed by atoms with van der Waals surface area (Å²) in [4.78, 5) is 10.2. The maximum Gasteiger partial charge on any atom is 0.0110 e. The Morgan fingerprint density at radius 3 is 1.12 bits per heavy atom. The number of hydrogen-bond acceptors (Lipinski definition) is 4. The molecule has 4 bridgehead atoms. The number of benzene rings is 1. The summed E-state index contributed by atoms with van der Waals surface area (Å²) >= 11 is 0. The van der Waals surface area contributed by atoms with E-state index in [9.17, 15) is 0 Å². The highest BCUT2D eigenvalue weighted by atomic mass is 15.2. The van der Waals surface area contributed by atoms with E-state index in [2.05, 4.69) is 58.9 Å². The van der Waals surface area contributed by atoms with Crippen molar-refractivity contribution in [3.8, 4) is 0 Å². The van der Waals surface area contributed by atoms with E-state index >= 15 is 0 Å². The molecule has 4 rings (SSSR count). The van der Waals surface area contributed by atoms with Crippen LogP contribution in [-0.4, -0.2) is 99.6 Å². The first kappa shape index (κ1) is 18.8. The zero-order valence-electron chi connectivity index (χ0n) is 16.5. The van der Waals surface area contributed by atoms with Gasteiger partial charge in [0.15, 0.2) is 0 Å². The topological polar surface area (TPSA) is 13.0 Å². The molecule has 0 saturated carbocycles. The van der Waals surface area contributed by atoms with Crippen LogP contribution >= 0.6 is 0 Å². The van der Waals surface area contributed by atoms with Gasteiger partial charge in [-0.15, -0.1) is 0 Å². The predicted molar refractivity (Wildman–Crippen MR) is 106 cm³/mol. The summed E-state index contributed by atoms with van der Waals surface area (Å²) in [6.45, 7) is 10.5. The number of likely N-dealkylation sites (N-methyl/N-ethyl adjacent to an activating group) is 3. The standard InChI is InChI=1S/C21H36N4/c1-22-7-4-19-16-20-5-8-23(2)11-14-25(13-10-22)15-12-24(3)9-6-21(17-19)18-20/h16-18H,4-15H2,1-3H3. The van der Waals surface area contributed by atoms with E-state index in [4.69, 9.17) is 0 Å². The molecule has 3 aliphatic rings. The summed E-state index contributed by atoms with van der Waals surface area (Å²) in [5.74, 6) is 0. The van der Waals surface area contributed by atoms with Gasteiger partial charge < -0.3 is 14.7 Å². The first-order valence-electron chi connectivity index (χ1n) is 9.98. The Labute approximate surface area is 154 Å². The summed E-state index contributed by atoms with van der Waals surface area (Å²) in [6.07, 6.45) is 3.51. The molecule has 25 heavy (non-hydrogen) atoms. The molecule has 1 aromatic rings. The summed E-state index contributed by atoms with van der Waals surface area (Å²) in [5, 5.41) is 0. The first-order chi connectivity index (χ1) is 12.1. The van der Waals surface area contributed by atoms with Crippen LogP contribution in [0.1, 0.15) is 16.7 Å². The van der Waals surface area contributed by atoms with Crippen molar-refractivity contribution in [1.29, 1.82) is 0 Å². The molecule has 0 atom stereocenters. The van der Waals surface area contributed by atoms with E-state index in [-0.39, 0.29) is 0 Å². The Morgan fingerprint density at radius 2 is 0.800 bits per heavy atom. The van der Waals surface area contributed by atoms with Crippen molar-refractivity contribution in [2.24, 2.45) is 0 Å². The molecule has 0 saturated heterocycles. The van der Waals surface area contributed by atoms with Gasteiger partial charge >= 0.3 is 0 Å². The van der Waals surface area contributed by atoms with Crippen LogP contribution in [0.3, 0.4) is 0 Å². The summed E-state index contributed by atoms with van der Waals surface area (Å²) < 4.78 is 0. The maximum absolute atomic E-state index is 2.66. The highest BCUT2D eigenvalue weighted by molar-refractivity contribution is 5.31. The van der Waals surface area contributed by atoms with Crippen LogP contribution in [0.4, 0.5) is 0 Å². The third-order valence-corrected chi connectivity index (χ3v) is 5.85. The quantitative estimate of drug-likeness (QED) is 0.706. The zero-order valence-corrected chi connectivity index (χ0v) is 16.5. The van der Waals surface area contributed by atoms with Gasteiger partial charge in [0, 0.05) is 58.9 Å². The van der Waals surface area contributed by atoms with E-state index in [0.29, 0.717) is 0 Å². The minimum absolute atomic E-state index is 1.16. The van der Waals surface area contributed by atoms with Gasteiger partial charge in [0.05, 0.1) is 0 Å². The summed E-state index contributed by atoms with van der Waals surface area (Å²) in [7, 11) is 6.83. The van der Waals surface area contributed by atoms with E-state index in [1.165, 1.54) is 75.2 Å². The van der Waals surface area contributed by atoms with E-state index in [1.54, 1.807) is 0 Å². The molecule has 0 unspecified atom stereocenters. The minimum Gasteiger partial charge on any atom is -0.305 e. The van der Waals surface area contributed by atoms with Crippen molar-refractivity contribution in [2.75, 3.05) is 80.0 Å². The van der Waals surface area contributed by atoms with Crippen LogP contribution in [0.25, 0.3) is 0 Å². The van der Waals surface area contributed by atoms with Crippen LogP contribution in [0, 0.1) is 0 Å². The molecule has 1 aromatic carbocycles. The number of hydrogen-bond donors (Lipinski definition) is 0. The van der Waals surface area contributed by atoms with Gasteiger partial charge in [0.1, 0.15) is 0 Å². The van der Waals surface area contributed by atoms with Gasteiger partial charge in [-0.3, -0.25) is 4.90 Å². The van der Waals surface area contributed by atoms with Crippen LogP contribution in [0.15, 0.2) is 18.2 Å². The largest absolute Gasteiger partial charge is 0.305 e. The molecular formula is C21H36N4. The Kier molecular flexibility index (Phi) is 6.88. The van der Waals surface area contributed by atoms with Gasteiger partial charge in [-0.05, 0) is 57.1 Å². The van der Waals surface area contributed by atoms with Crippen molar-refractivity contribution in [1.82, 2.24) is 19.6 Å². The summed E-state index contributed by atoms with van der Waals surface area (Å²) in [6, 6.07) is 7.37. The summed E-state index contributed by atoms with van der Waals surface area (Å²) in [5.41, 5.74) is 4.57. The van der Waals surface area contributed by atoms with Crippen LogP contribution < -0.4 is 0 Å². The Bertz CT molecular complexity index is 456. The monoisotopic (exact) mass is 344 g/mol. The zero-order chi connectivity index (χ0) is 17.6. The highest BCUT2D eigenvalue weighted by Gasteiger charge is 2.13. The van der Waals surface area contributed by atoms with E-state index in [1.807, 2.05) is 0 Å². The Hall–Kier alpha value is -0.940. The third kappa shape index (κ3) is 6.07. The molecule has 0 aliphatic carbocycles. The maximum atomic E-state index is 2.66. The Balaban J connectivity index is 1.89. The third-order valence-electron chi connectivity index (χ3n) is 5.85. The molecule has 0 N–H and O–H groups in total. The molecular weight excluding hydrogens is 308 g/mol. The lowest BCUT2D eigenvalue weighted by Gasteiger charge is -2.30. The second-order valence-electron chi connectivity index (χ2n) is 8.16. The van der Waals surface area contributed by atoms with Crippen LogP contribution in [0.2, 0.25) is 0 Å². The Morgan fingerprint density at radius 1 is 0.480 bits per heavy atom. The fourth-order valence-electron chi connectivity index (χ4n) is 3.84. The molecule has 0 spiro atoms. The van der Waals surface area contributed by atoms with Crippen molar-refractivity contribution >= 4 is 0 Å². The van der Waals surface area contributed by atoms with Crippen LogP contribution in [0.5, 0.6) is 0 Å². The molecule has 4 nitrogen and oxygen atoms in total. The van der Waals surface area contributed by atoms with Gasteiger partial charge in [0.25, 0.3) is 0 Å². The molecule has 3 heterocycles. The molecule has 0 radical (unpaired) electrons. The lowest BCUT2D eigenvalue weighted by atomic mass is 9.99. The normalized spacial score (nSPS) is 23.6. The van der Waals surface area contributed by atoms with E-state index in [0.717, 1.165) is 19.6 Å². The molecule has 0 amide bonds. The number of fused-ring (bicyclic) bond motifs is 12. The second-order valence-corrected chi connectivity index (χ2v) is 8.16. The molecule has 0 fully saturated rings. The minimum atomic E-state index is 1.16. The van der Waals surface area contributed by atoms with Gasteiger partial charge in [0.2, 0.25) is 0 Å². The fourth-order valence-corrected chi connectivity index (χ4v) is 3.84. The van der Waals surface area contributed by atoms with Crippen molar-refractivity contribution in [2.45, 2.75) is 19.3 Å². The lowest BCUT2D eigenvalue weighted by Crippen LogP contribution is -2.42. The van der Waals surface area contributed by atoms with Crippen molar-refractivity contribution in [3.63, 3.8) is 0 Å². The average Bonchev–Trinajstić information content (AvgIpc) is 2.61. The molecule has 140 valence electrons. The average molecular weight is 345 g/mol. The fraction of sp³-hybridized carbons (Fsp3) is 0.714. The smallest absolute Gasteiger partial charge is 0.0110 e. The highest BCUT2D eigenvalue weighted by Crippen LogP contribution is 2.15. The number of rotatable bonds is 0. The SMILES string of the molecule is CN1CCc2cc3cc(c2)CCN(C)CCN(CC1)CCN(C)CC3. The molecule has 3 aliphatic heterocycles.